The van der Waals surface area contributed by atoms with Crippen LogP contribution in [0.5, 0.6) is 5.75 Å². The van der Waals surface area contributed by atoms with E-state index < -0.39 is 0 Å². The van der Waals surface area contributed by atoms with Crippen LogP contribution < -0.4 is 10.1 Å². The van der Waals surface area contributed by atoms with Gasteiger partial charge in [-0.2, -0.15) is 0 Å². The molecule has 33 heavy (non-hydrogen) atoms. The minimum Gasteiger partial charge on any atom is -0.497 e. The van der Waals surface area contributed by atoms with E-state index in [-0.39, 0.29) is 11.8 Å². The predicted octanol–water partition coefficient (Wildman–Crippen LogP) is 3.93. The van der Waals surface area contributed by atoms with E-state index in [4.69, 9.17) is 9.47 Å². The molecule has 0 unspecified atom stereocenters. The second-order valence-corrected chi connectivity index (χ2v) is 9.31. The average Bonchev–Trinajstić information content (AvgIpc) is 3.41. The van der Waals surface area contributed by atoms with Gasteiger partial charge in [0.1, 0.15) is 5.75 Å². The minimum absolute atomic E-state index is 0.0496. The number of nitrogens with zero attached hydrogens (tertiary/aromatic N) is 1. The van der Waals surface area contributed by atoms with E-state index in [1.54, 1.807) is 7.11 Å². The van der Waals surface area contributed by atoms with Crippen LogP contribution in [-0.2, 0) is 9.53 Å². The largest absolute Gasteiger partial charge is 0.497 e. The highest BCUT2D eigenvalue weighted by molar-refractivity contribution is 5.84. The van der Waals surface area contributed by atoms with Gasteiger partial charge in [-0.1, -0.05) is 30.3 Å². The number of fused-ring (bicyclic) bond motifs is 1. The molecule has 1 saturated carbocycles. The second kappa shape index (κ2) is 9.98. The molecule has 2 atom stereocenters. The number of methoxy groups -OCH3 is 1. The lowest BCUT2D eigenvalue weighted by Gasteiger charge is -2.25. The molecule has 2 aromatic carbocycles. The third-order valence-corrected chi connectivity index (χ3v) is 6.94. The predicted molar refractivity (Wildman–Crippen MR) is 130 cm³/mol. The number of rotatable bonds is 10. The Bertz CT molecular complexity index is 1070. The van der Waals surface area contributed by atoms with Crippen molar-refractivity contribution in [3.8, 4) is 5.75 Å². The van der Waals surface area contributed by atoms with Crippen molar-refractivity contribution in [2.24, 2.45) is 5.92 Å². The van der Waals surface area contributed by atoms with Gasteiger partial charge in [0.05, 0.1) is 20.3 Å². The summed E-state index contributed by atoms with van der Waals surface area (Å²) < 4.78 is 10.9. The number of amides is 1. The third kappa shape index (κ3) is 5.23. The molecule has 174 valence electrons. The molecule has 6 heteroatoms. The van der Waals surface area contributed by atoms with Crippen molar-refractivity contribution in [1.82, 2.24) is 15.2 Å². The SMILES string of the molecule is COc1ccc([C@H](CNC(=O)CN(C[C@@H]2CCOC2)C2CC2)c2c[nH]c3ccccc23)cc1. The molecule has 5 rings (SSSR count). The summed E-state index contributed by atoms with van der Waals surface area (Å²) >= 11 is 0. The molecule has 1 amide bonds. The third-order valence-electron chi connectivity index (χ3n) is 6.94. The fourth-order valence-electron chi connectivity index (χ4n) is 4.92. The van der Waals surface area contributed by atoms with E-state index in [1.165, 1.54) is 23.8 Å². The molecular weight excluding hydrogens is 414 g/mol. The van der Waals surface area contributed by atoms with Gasteiger partial charge in [0.2, 0.25) is 5.91 Å². The summed E-state index contributed by atoms with van der Waals surface area (Å²) in [6.07, 6.45) is 5.57. The van der Waals surface area contributed by atoms with Gasteiger partial charge in [-0.15, -0.1) is 0 Å². The highest BCUT2D eigenvalue weighted by atomic mass is 16.5. The molecule has 3 aromatic rings. The van der Waals surface area contributed by atoms with Crippen LogP contribution in [0.3, 0.4) is 0 Å². The van der Waals surface area contributed by atoms with Crippen molar-refractivity contribution >= 4 is 16.8 Å². The summed E-state index contributed by atoms with van der Waals surface area (Å²) in [7, 11) is 1.68. The van der Waals surface area contributed by atoms with E-state index in [1.807, 2.05) is 18.2 Å². The van der Waals surface area contributed by atoms with E-state index in [2.05, 4.69) is 51.7 Å². The molecular formula is C27H33N3O3. The standard InChI is InChI=1S/C27H33N3O3/c1-32-22-10-6-20(7-11-22)24(25-15-28-26-5-3-2-4-23(25)26)14-29-27(31)17-30(21-8-9-21)16-19-12-13-33-18-19/h2-7,10-11,15,19,21,24,28H,8-9,12-14,16-18H2,1H3,(H,29,31)/t19-,24-/m0/s1. The number of aromatic amines is 1. The first kappa shape index (κ1) is 22.0. The number of hydrogen-bond acceptors (Lipinski definition) is 4. The van der Waals surface area contributed by atoms with Crippen LogP contribution in [0.15, 0.2) is 54.7 Å². The number of nitrogens with one attached hydrogen (secondary N) is 2. The molecule has 6 nitrogen and oxygen atoms in total. The molecule has 2 aliphatic rings. The van der Waals surface area contributed by atoms with Crippen LogP contribution in [0.4, 0.5) is 0 Å². The summed E-state index contributed by atoms with van der Waals surface area (Å²) in [4.78, 5) is 18.8. The van der Waals surface area contributed by atoms with Crippen molar-refractivity contribution in [3.05, 3.63) is 65.9 Å². The Morgan fingerprint density at radius 2 is 2.00 bits per heavy atom. The monoisotopic (exact) mass is 447 g/mol. The molecule has 0 spiro atoms. The zero-order chi connectivity index (χ0) is 22.6. The van der Waals surface area contributed by atoms with Gasteiger partial charge in [0.15, 0.2) is 0 Å². The maximum absolute atomic E-state index is 13.0. The Hall–Kier alpha value is -2.83. The molecule has 1 aliphatic heterocycles. The van der Waals surface area contributed by atoms with Gasteiger partial charge in [0.25, 0.3) is 0 Å². The van der Waals surface area contributed by atoms with Crippen molar-refractivity contribution in [1.29, 1.82) is 0 Å². The van der Waals surface area contributed by atoms with Crippen LogP contribution in [0, 0.1) is 5.92 Å². The van der Waals surface area contributed by atoms with Crippen LogP contribution >= 0.6 is 0 Å². The van der Waals surface area contributed by atoms with E-state index in [0.29, 0.717) is 25.0 Å². The number of aromatic nitrogens is 1. The normalized spacial score (nSPS) is 19.2. The molecule has 0 radical (unpaired) electrons. The summed E-state index contributed by atoms with van der Waals surface area (Å²) in [5.74, 6) is 1.53. The van der Waals surface area contributed by atoms with Crippen LogP contribution in [0.1, 0.15) is 36.3 Å². The summed E-state index contributed by atoms with van der Waals surface area (Å²) in [5, 5.41) is 4.43. The summed E-state index contributed by atoms with van der Waals surface area (Å²) in [6.45, 7) is 3.65. The molecule has 1 aliphatic carbocycles. The zero-order valence-electron chi connectivity index (χ0n) is 19.3. The molecule has 2 heterocycles. The maximum atomic E-state index is 13.0. The topological polar surface area (TPSA) is 66.6 Å². The first-order valence-corrected chi connectivity index (χ1v) is 12.0. The van der Waals surface area contributed by atoms with Gasteiger partial charge < -0.3 is 19.8 Å². The highest BCUT2D eigenvalue weighted by Crippen LogP contribution is 2.32. The quantitative estimate of drug-likeness (QED) is 0.494. The minimum atomic E-state index is 0.0496. The molecule has 1 aromatic heterocycles. The lowest BCUT2D eigenvalue weighted by atomic mass is 9.90. The van der Waals surface area contributed by atoms with Gasteiger partial charge in [-0.05, 0) is 54.5 Å². The van der Waals surface area contributed by atoms with Crippen molar-refractivity contribution in [3.63, 3.8) is 0 Å². The zero-order valence-corrected chi connectivity index (χ0v) is 19.3. The van der Waals surface area contributed by atoms with Crippen molar-refractivity contribution < 1.29 is 14.3 Å². The van der Waals surface area contributed by atoms with Gasteiger partial charge in [-0.3, -0.25) is 9.69 Å². The van der Waals surface area contributed by atoms with Crippen molar-refractivity contribution in [2.75, 3.05) is 40.0 Å². The number of para-hydroxylation sites is 1. The Kier molecular flexibility index (Phi) is 6.65. The Balaban J connectivity index is 1.30. The van der Waals surface area contributed by atoms with Crippen LogP contribution in [0.25, 0.3) is 10.9 Å². The molecule has 0 bridgehead atoms. The average molecular weight is 448 g/mol. The smallest absolute Gasteiger partial charge is 0.234 e. The first-order chi connectivity index (χ1) is 16.2. The lowest BCUT2D eigenvalue weighted by molar-refractivity contribution is -0.122. The Morgan fingerprint density at radius 1 is 1.18 bits per heavy atom. The first-order valence-electron chi connectivity index (χ1n) is 12.0. The van der Waals surface area contributed by atoms with Gasteiger partial charge in [0, 0.05) is 48.8 Å². The van der Waals surface area contributed by atoms with Crippen LogP contribution in [0.2, 0.25) is 0 Å². The number of carbonyl (C=O) groups excluding carboxylic acids is 1. The summed E-state index contributed by atoms with van der Waals surface area (Å²) in [5.41, 5.74) is 3.46. The number of hydrogen-bond donors (Lipinski definition) is 2. The fourth-order valence-corrected chi connectivity index (χ4v) is 4.92. The molecule has 1 saturated heterocycles. The molecule has 2 fully saturated rings. The second-order valence-electron chi connectivity index (χ2n) is 9.31. The highest BCUT2D eigenvalue weighted by Gasteiger charge is 2.33. The maximum Gasteiger partial charge on any atom is 0.234 e. The lowest BCUT2D eigenvalue weighted by Crippen LogP contribution is -2.42. The van der Waals surface area contributed by atoms with Gasteiger partial charge >= 0.3 is 0 Å². The number of benzene rings is 2. The number of ether oxygens (including phenoxy) is 2. The molecule has 2 N–H and O–H groups in total. The van der Waals surface area contributed by atoms with Gasteiger partial charge in [-0.25, -0.2) is 0 Å². The van der Waals surface area contributed by atoms with Crippen molar-refractivity contribution in [2.45, 2.75) is 31.2 Å². The Morgan fingerprint density at radius 3 is 2.73 bits per heavy atom. The van der Waals surface area contributed by atoms with E-state index in [0.717, 1.165) is 43.0 Å². The summed E-state index contributed by atoms with van der Waals surface area (Å²) in [6, 6.07) is 17.0. The number of H-pyrrole nitrogens is 1. The van der Waals surface area contributed by atoms with Crippen LogP contribution in [-0.4, -0.2) is 61.8 Å². The fraction of sp³-hybridized carbons (Fsp3) is 0.444. The Labute approximate surface area is 195 Å². The van der Waals surface area contributed by atoms with E-state index in [9.17, 15) is 4.79 Å². The number of carbonyl (C=O) groups is 1. The van der Waals surface area contributed by atoms with E-state index >= 15 is 0 Å².